The summed E-state index contributed by atoms with van der Waals surface area (Å²) in [5, 5.41) is 0. The van der Waals surface area contributed by atoms with Crippen LogP contribution in [0.25, 0.3) is 0 Å². The molecular weight excluding hydrogens is 318 g/mol. The van der Waals surface area contributed by atoms with Crippen molar-refractivity contribution in [3.8, 4) is 0 Å². The quantitative estimate of drug-likeness (QED) is 0.245. The molecule has 0 amide bonds. The monoisotopic (exact) mass is 359 g/mol. The summed E-state index contributed by atoms with van der Waals surface area (Å²) in [5.74, 6) is 0. The fraction of sp³-hybridized carbons (Fsp3) is 0.667. The maximum absolute atomic E-state index is 5.37. The van der Waals surface area contributed by atoms with Gasteiger partial charge in [0, 0.05) is 13.1 Å². The summed E-state index contributed by atoms with van der Waals surface area (Å²) in [4.78, 5) is 2.52. The molecule has 0 atom stereocenters. The number of morpholine rings is 1. The van der Waals surface area contributed by atoms with Crippen molar-refractivity contribution in [1.29, 1.82) is 0 Å². The summed E-state index contributed by atoms with van der Waals surface area (Å²) in [5.41, 5.74) is 0. The minimum atomic E-state index is 0.914. The Morgan fingerprint density at radius 3 is 1.69 bits per heavy atom. The number of ether oxygens (including phenoxy) is 1. The Labute approximate surface area is 162 Å². The van der Waals surface area contributed by atoms with Gasteiger partial charge in [-0.15, -0.1) is 0 Å². The largest absolute Gasteiger partial charge is 0.379 e. The molecule has 1 rings (SSSR count). The molecule has 0 bridgehead atoms. The van der Waals surface area contributed by atoms with Crippen molar-refractivity contribution >= 4 is 0 Å². The molecular formula is C24H41NO. The van der Waals surface area contributed by atoms with Crippen LogP contribution in [0.1, 0.15) is 71.1 Å². The zero-order valence-corrected chi connectivity index (χ0v) is 17.1. The lowest BCUT2D eigenvalue weighted by molar-refractivity contribution is 0.0372. The van der Waals surface area contributed by atoms with E-state index in [2.05, 4.69) is 60.4 Å². The molecule has 0 aromatic rings. The molecule has 0 saturated carbocycles. The molecule has 1 fully saturated rings. The molecule has 2 nitrogen and oxygen atoms in total. The van der Waals surface area contributed by atoms with Crippen LogP contribution in [-0.4, -0.2) is 37.7 Å². The first-order valence-corrected chi connectivity index (χ1v) is 10.8. The van der Waals surface area contributed by atoms with Gasteiger partial charge >= 0.3 is 0 Å². The molecule has 0 aliphatic carbocycles. The molecule has 1 heterocycles. The molecule has 1 aliphatic rings. The van der Waals surface area contributed by atoms with Crippen molar-refractivity contribution < 1.29 is 4.74 Å². The minimum Gasteiger partial charge on any atom is -0.379 e. The minimum absolute atomic E-state index is 0.914. The third-order valence-electron chi connectivity index (χ3n) is 4.66. The highest BCUT2D eigenvalue weighted by molar-refractivity contribution is 4.99. The number of unbranched alkanes of at least 4 members (excludes halogenated alkanes) is 5. The van der Waals surface area contributed by atoms with Crippen LogP contribution in [0.4, 0.5) is 0 Å². The molecule has 0 N–H and O–H groups in total. The summed E-state index contributed by atoms with van der Waals surface area (Å²) in [6.07, 6.45) is 30.6. The van der Waals surface area contributed by atoms with E-state index in [9.17, 15) is 0 Å². The van der Waals surface area contributed by atoms with E-state index in [1.54, 1.807) is 0 Å². The average molecular weight is 360 g/mol. The van der Waals surface area contributed by atoms with Crippen LogP contribution in [0.5, 0.6) is 0 Å². The van der Waals surface area contributed by atoms with E-state index in [0.29, 0.717) is 0 Å². The Kier molecular flexibility index (Phi) is 16.5. The first-order chi connectivity index (χ1) is 12.9. The van der Waals surface area contributed by atoms with Gasteiger partial charge in [-0.2, -0.15) is 0 Å². The number of hydrogen-bond acceptors (Lipinski definition) is 2. The maximum Gasteiger partial charge on any atom is 0.0594 e. The molecule has 1 saturated heterocycles. The standard InChI is InChI=1S/C24H41NO/c1-2-3-4-5-6-7-8-9-10-11-12-13-14-15-16-17-18-19-20-25-21-23-26-24-22-25/h6-7,9-10,12-13,15-16H,2-5,8,11,14,17-24H2,1H3. The topological polar surface area (TPSA) is 12.5 Å². The Bertz CT molecular complexity index is 402. The van der Waals surface area contributed by atoms with E-state index in [1.807, 2.05) is 0 Å². The van der Waals surface area contributed by atoms with Crippen molar-refractivity contribution in [1.82, 2.24) is 4.90 Å². The Morgan fingerprint density at radius 1 is 0.654 bits per heavy atom. The van der Waals surface area contributed by atoms with E-state index in [0.717, 1.165) is 45.6 Å². The smallest absolute Gasteiger partial charge is 0.0594 e. The lowest BCUT2D eigenvalue weighted by Gasteiger charge is -2.26. The van der Waals surface area contributed by atoms with E-state index in [-0.39, 0.29) is 0 Å². The molecule has 1 aliphatic heterocycles. The first-order valence-electron chi connectivity index (χ1n) is 10.8. The van der Waals surface area contributed by atoms with Crippen LogP contribution in [0.3, 0.4) is 0 Å². The lowest BCUT2D eigenvalue weighted by Crippen LogP contribution is -2.36. The lowest BCUT2D eigenvalue weighted by atomic mass is 10.2. The number of hydrogen-bond donors (Lipinski definition) is 0. The van der Waals surface area contributed by atoms with Gasteiger partial charge in [0.25, 0.3) is 0 Å². The highest BCUT2D eigenvalue weighted by Crippen LogP contribution is 2.04. The summed E-state index contributed by atoms with van der Waals surface area (Å²) in [7, 11) is 0. The molecule has 0 spiro atoms. The molecule has 2 heteroatoms. The third kappa shape index (κ3) is 15.2. The van der Waals surface area contributed by atoms with Gasteiger partial charge in [-0.05, 0) is 57.9 Å². The van der Waals surface area contributed by atoms with Crippen LogP contribution in [0.15, 0.2) is 48.6 Å². The van der Waals surface area contributed by atoms with E-state index >= 15 is 0 Å². The maximum atomic E-state index is 5.37. The SMILES string of the molecule is CCCCCC=CCC=CCC=CCC=CCCCCN1CCOCC1. The molecule has 148 valence electrons. The Balaban J connectivity index is 1.85. The van der Waals surface area contributed by atoms with Gasteiger partial charge < -0.3 is 4.74 Å². The van der Waals surface area contributed by atoms with Crippen LogP contribution in [0, 0.1) is 0 Å². The van der Waals surface area contributed by atoms with Gasteiger partial charge in [-0.3, -0.25) is 4.90 Å². The summed E-state index contributed by atoms with van der Waals surface area (Å²) >= 11 is 0. The summed E-state index contributed by atoms with van der Waals surface area (Å²) < 4.78 is 5.37. The van der Waals surface area contributed by atoms with Crippen LogP contribution < -0.4 is 0 Å². The van der Waals surface area contributed by atoms with Crippen LogP contribution >= 0.6 is 0 Å². The van der Waals surface area contributed by atoms with Gasteiger partial charge in [0.1, 0.15) is 0 Å². The predicted molar refractivity (Wildman–Crippen MR) is 116 cm³/mol. The summed E-state index contributed by atoms with van der Waals surface area (Å²) in [6, 6.07) is 0. The second-order valence-electron chi connectivity index (χ2n) is 7.04. The van der Waals surface area contributed by atoms with E-state index in [1.165, 1.54) is 51.5 Å². The normalized spacial score (nSPS) is 16.8. The molecule has 0 aromatic carbocycles. The Morgan fingerprint density at radius 2 is 1.15 bits per heavy atom. The third-order valence-corrected chi connectivity index (χ3v) is 4.66. The molecule has 0 radical (unpaired) electrons. The number of nitrogens with zero attached hydrogens (tertiary/aromatic N) is 1. The first kappa shape index (κ1) is 22.9. The van der Waals surface area contributed by atoms with Crippen molar-refractivity contribution in [2.75, 3.05) is 32.8 Å². The average Bonchev–Trinajstić information content (AvgIpc) is 2.68. The number of rotatable bonds is 15. The fourth-order valence-corrected chi connectivity index (χ4v) is 2.98. The summed E-state index contributed by atoms with van der Waals surface area (Å²) in [6.45, 7) is 7.55. The Hall–Kier alpha value is -1.12. The van der Waals surface area contributed by atoms with Gasteiger partial charge in [-0.1, -0.05) is 68.4 Å². The highest BCUT2D eigenvalue weighted by Gasteiger charge is 2.08. The van der Waals surface area contributed by atoms with E-state index < -0.39 is 0 Å². The van der Waals surface area contributed by atoms with Gasteiger partial charge in [0.2, 0.25) is 0 Å². The zero-order chi connectivity index (χ0) is 18.5. The van der Waals surface area contributed by atoms with Crippen molar-refractivity contribution in [3.05, 3.63) is 48.6 Å². The highest BCUT2D eigenvalue weighted by atomic mass is 16.5. The van der Waals surface area contributed by atoms with Crippen molar-refractivity contribution in [2.45, 2.75) is 71.1 Å². The van der Waals surface area contributed by atoms with Gasteiger partial charge in [0.05, 0.1) is 13.2 Å². The molecule has 0 aromatic heterocycles. The molecule has 0 unspecified atom stereocenters. The van der Waals surface area contributed by atoms with Gasteiger partial charge in [-0.25, -0.2) is 0 Å². The second-order valence-corrected chi connectivity index (χ2v) is 7.04. The predicted octanol–water partition coefficient (Wildman–Crippen LogP) is 6.46. The molecule has 26 heavy (non-hydrogen) atoms. The zero-order valence-electron chi connectivity index (χ0n) is 17.1. The second kappa shape index (κ2) is 18.7. The van der Waals surface area contributed by atoms with Crippen molar-refractivity contribution in [2.24, 2.45) is 0 Å². The van der Waals surface area contributed by atoms with Crippen molar-refractivity contribution in [3.63, 3.8) is 0 Å². The van der Waals surface area contributed by atoms with Crippen LogP contribution in [0.2, 0.25) is 0 Å². The van der Waals surface area contributed by atoms with E-state index in [4.69, 9.17) is 4.74 Å². The van der Waals surface area contributed by atoms with Gasteiger partial charge in [0.15, 0.2) is 0 Å². The fourth-order valence-electron chi connectivity index (χ4n) is 2.98. The number of allylic oxidation sites excluding steroid dienone is 8. The van der Waals surface area contributed by atoms with Crippen LogP contribution in [-0.2, 0) is 4.74 Å².